The minimum atomic E-state index is 0.390. The van der Waals surface area contributed by atoms with Crippen LogP contribution < -0.4 is 10.1 Å². The Morgan fingerprint density at radius 1 is 1.47 bits per heavy atom. The van der Waals surface area contributed by atoms with Crippen molar-refractivity contribution in [3.05, 3.63) is 11.8 Å². The Morgan fingerprint density at radius 2 is 2.20 bits per heavy atom. The molecule has 0 fully saturated rings. The monoisotopic (exact) mass is 209 g/mol. The summed E-state index contributed by atoms with van der Waals surface area (Å²) < 4.78 is 5.09. The Morgan fingerprint density at radius 3 is 2.80 bits per heavy atom. The van der Waals surface area contributed by atoms with Gasteiger partial charge in [0.05, 0.1) is 7.11 Å². The molecule has 0 aliphatic carbocycles. The average molecular weight is 209 g/mol. The topological polar surface area (TPSA) is 47.0 Å². The fourth-order valence-electron chi connectivity index (χ4n) is 1.43. The van der Waals surface area contributed by atoms with Crippen molar-refractivity contribution in [1.82, 2.24) is 9.97 Å². The summed E-state index contributed by atoms with van der Waals surface area (Å²) in [6.45, 7) is 6.22. The predicted molar refractivity (Wildman–Crippen MR) is 61.3 cm³/mol. The normalized spacial score (nSPS) is 12.3. The first-order valence-corrected chi connectivity index (χ1v) is 5.32. The van der Waals surface area contributed by atoms with Crippen molar-refractivity contribution >= 4 is 5.95 Å². The largest absolute Gasteiger partial charge is 0.481 e. The standard InChI is InChI=1S/C11H19N3O/c1-5-6-8(2)12-11-13-9(3)7-10(14-11)15-4/h7-8H,5-6H2,1-4H3,(H,12,13,14). The lowest BCUT2D eigenvalue weighted by atomic mass is 10.2. The molecule has 1 aromatic rings. The van der Waals surface area contributed by atoms with Crippen LogP contribution in [0.3, 0.4) is 0 Å². The minimum absolute atomic E-state index is 0.390. The van der Waals surface area contributed by atoms with Crippen LogP contribution >= 0.6 is 0 Å². The highest BCUT2D eigenvalue weighted by atomic mass is 16.5. The smallest absolute Gasteiger partial charge is 0.226 e. The summed E-state index contributed by atoms with van der Waals surface area (Å²) in [6, 6.07) is 2.21. The molecule has 1 rings (SSSR count). The lowest BCUT2D eigenvalue weighted by Gasteiger charge is -2.13. The number of methoxy groups -OCH3 is 1. The number of ether oxygens (including phenoxy) is 1. The van der Waals surface area contributed by atoms with E-state index in [1.54, 1.807) is 7.11 Å². The summed E-state index contributed by atoms with van der Waals surface area (Å²) in [7, 11) is 1.61. The number of rotatable bonds is 5. The number of nitrogens with one attached hydrogen (secondary N) is 1. The second-order valence-electron chi connectivity index (χ2n) is 3.71. The Balaban J connectivity index is 2.71. The summed E-state index contributed by atoms with van der Waals surface area (Å²) in [6.07, 6.45) is 2.26. The van der Waals surface area contributed by atoms with E-state index in [2.05, 4.69) is 29.1 Å². The second-order valence-corrected chi connectivity index (χ2v) is 3.71. The van der Waals surface area contributed by atoms with Crippen molar-refractivity contribution < 1.29 is 4.74 Å². The van der Waals surface area contributed by atoms with E-state index in [-0.39, 0.29) is 0 Å². The molecule has 0 saturated carbocycles. The molecular weight excluding hydrogens is 190 g/mol. The van der Waals surface area contributed by atoms with E-state index in [4.69, 9.17) is 4.74 Å². The first-order valence-electron chi connectivity index (χ1n) is 5.32. The fourth-order valence-corrected chi connectivity index (χ4v) is 1.43. The van der Waals surface area contributed by atoms with E-state index in [0.717, 1.165) is 18.5 Å². The van der Waals surface area contributed by atoms with Crippen molar-refractivity contribution in [2.45, 2.75) is 39.7 Å². The van der Waals surface area contributed by atoms with Crippen molar-refractivity contribution in [3.8, 4) is 5.88 Å². The number of nitrogens with zero attached hydrogens (tertiary/aromatic N) is 2. The highest BCUT2D eigenvalue weighted by Crippen LogP contribution is 2.12. The van der Waals surface area contributed by atoms with E-state index >= 15 is 0 Å². The van der Waals surface area contributed by atoms with E-state index in [1.165, 1.54) is 0 Å². The van der Waals surface area contributed by atoms with Crippen LogP contribution in [0.4, 0.5) is 5.95 Å². The Kier molecular flexibility index (Phi) is 4.34. The maximum absolute atomic E-state index is 5.09. The third kappa shape index (κ3) is 3.73. The molecule has 1 atom stereocenters. The van der Waals surface area contributed by atoms with Gasteiger partial charge in [-0.15, -0.1) is 0 Å². The van der Waals surface area contributed by atoms with Gasteiger partial charge in [-0.3, -0.25) is 0 Å². The summed E-state index contributed by atoms with van der Waals surface area (Å²) in [5.74, 6) is 1.25. The molecule has 1 unspecified atom stereocenters. The maximum atomic E-state index is 5.09. The molecule has 4 heteroatoms. The molecule has 0 spiro atoms. The van der Waals surface area contributed by atoms with E-state index in [0.29, 0.717) is 17.9 Å². The van der Waals surface area contributed by atoms with Gasteiger partial charge in [0, 0.05) is 17.8 Å². The van der Waals surface area contributed by atoms with Gasteiger partial charge in [-0.1, -0.05) is 13.3 Å². The SMILES string of the molecule is CCCC(C)Nc1nc(C)cc(OC)n1. The van der Waals surface area contributed by atoms with Crippen LogP contribution in [0.2, 0.25) is 0 Å². The van der Waals surface area contributed by atoms with E-state index in [1.807, 2.05) is 13.0 Å². The molecule has 0 amide bonds. The van der Waals surface area contributed by atoms with Crippen LogP contribution in [-0.2, 0) is 0 Å². The number of hydrogen-bond donors (Lipinski definition) is 1. The van der Waals surface area contributed by atoms with Gasteiger partial charge in [-0.25, -0.2) is 4.98 Å². The molecule has 15 heavy (non-hydrogen) atoms. The van der Waals surface area contributed by atoms with E-state index < -0.39 is 0 Å². The second kappa shape index (κ2) is 5.53. The van der Waals surface area contributed by atoms with Crippen LogP contribution in [-0.4, -0.2) is 23.1 Å². The van der Waals surface area contributed by atoms with Crippen LogP contribution in [0.5, 0.6) is 5.88 Å². The lowest BCUT2D eigenvalue weighted by Crippen LogP contribution is -2.17. The molecule has 1 N–H and O–H groups in total. The Bertz CT molecular complexity index is 315. The van der Waals surface area contributed by atoms with Gasteiger partial charge in [0.2, 0.25) is 11.8 Å². The maximum Gasteiger partial charge on any atom is 0.226 e. The van der Waals surface area contributed by atoms with Gasteiger partial charge in [0.25, 0.3) is 0 Å². The first-order chi connectivity index (χ1) is 7.15. The van der Waals surface area contributed by atoms with Crippen molar-refractivity contribution in [3.63, 3.8) is 0 Å². The fraction of sp³-hybridized carbons (Fsp3) is 0.636. The zero-order valence-electron chi connectivity index (χ0n) is 9.87. The predicted octanol–water partition coefficient (Wildman–Crippen LogP) is 2.39. The molecule has 1 aromatic heterocycles. The number of aryl methyl sites for hydroxylation is 1. The summed E-state index contributed by atoms with van der Waals surface area (Å²) in [5, 5.41) is 3.26. The number of hydrogen-bond acceptors (Lipinski definition) is 4. The van der Waals surface area contributed by atoms with Crippen molar-refractivity contribution in [2.75, 3.05) is 12.4 Å². The van der Waals surface area contributed by atoms with Gasteiger partial charge < -0.3 is 10.1 Å². The van der Waals surface area contributed by atoms with Gasteiger partial charge in [-0.05, 0) is 20.3 Å². The first kappa shape index (κ1) is 11.8. The third-order valence-electron chi connectivity index (χ3n) is 2.14. The summed E-state index contributed by atoms with van der Waals surface area (Å²) in [5.41, 5.74) is 0.910. The zero-order chi connectivity index (χ0) is 11.3. The molecule has 0 bridgehead atoms. The zero-order valence-corrected chi connectivity index (χ0v) is 9.87. The summed E-state index contributed by atoms with van der Waals surface area (Å²) in [4.78, 5) is 8.53. The summed E-state index contributed by atoms with van der Waals surface area (Å²) >= 11 is 0. The van der Waals surface area contributed by atoms with Crippen molar-refractivity contribution in [2.24, 2.45) is 0 Å². The van der Waals surface area contributed by atoms with Crippen LogP contribution in [0.25, 0.3) is 0 Å². The average Bonchev–Trinajstić information content (AvgIpc) is 2.17. The highest BCUT2D eigenvalue weighted by molar-refractivity contribution is 5.31. The molecule has 0 aromatic carbocycles. The lowest BCUT2D eigenvalue weighted by molar-refractivity contribution is 0.396. The van der Waals surface area contributed by atoms with E-state index in [9.17, 15) is 0 Å². The van der Waals surface area contributed by atoms with Gasteiger partial charge in [0.15, 0.2) is 0 Å². The van der Waals surface area contributed by atoms with Gasteiger partial charge >= 0.3 is 0 Å². The van der Waals surface area contributed by atoms with Crippen LogP contribution in [0, 0.1) is 6.92 Å². The van der Waals surface area contributed by atoms with Crippen LogP contribution in [0.15, 0.2) is 6.07 Å². The Labute approximate surface area is 91.1 Å². The van der Waals surface area contributed by atoms with Crippen LogP contribution in [0.1, 0.15) is 32.4 Å². The quantitative estimate of drug-likeness (QED) is 0.809. The van der Waals surface area contributed by atoms with Gasteiger partial charge in [-0.2, -0.15) is 4.98 Å². The molecule has 0 saturated heterocycles. The molecular formula is C11H19N3O. The molecule has 0 radical (unpaired) electrons. The molecule has 4 nitrogen and oxygen atoms in total. The molecule has 0 aliphatic rings. The minimum Gasteiger partial charge on any atom is -0.481 e. The third-order valence-corrected chi connectivity index (χ3v) is 2.14. The molecule has 0 aliphatic heterocycles. The van der Waals surface area contributed by atoms with Gasteiger partial charge in [0.1, 0.15) is 0 Å². The number of aromatic nitrogens is 2. The molecule has 1 heterocycles. The van der Waals surface area contributed by atoms with Crippen molar-refractivity contribution in [1.29, 1.82) is 0 Å². The Hall–Kier alpha value is -1.32. The molecule has 84 valence electrons. The highest BCUT2D eigenvalue weighted by Gasteiger charge is 2.05. The number of anilines is 1.